The third kappa shape index (κ3) is 3.24. The molecule has 0 aliphatic heterocycles. The number of furan rings is 1. The second-order valence-electron chi connectivity index (χ2n) is 4.10. The molecule has 0 aliphatic carbocycles. The van der Waals surface area contributed by atoms with Crippen molar-refractivity contribution in [1.82, 2.24) is 9.97 Å². The molecule has 0 aliphatic rings. The standard InChI is InChI=1S/C12H12F3N3O/c1-8-3-4-9(19-8)7-18(2)10-5-6-16-11(17-10)12(13,14)15/h3-6H,7H2,1-2H3. The van der Waals surface area contributed by atoms with Crippen molar-refractivity contribution in [3.8, 4) is 0 Å². The minimum absolute atomic E-state index is 0.191. The van der Waals surface area contributed by atoms with Crippen LogP contribution in [0.3, 0.4) is 0 Å². The van der Waals surface area contributed by atoms with Crippen LogP contribution in [0.4, 0.5) is 19.0 Å². The zero-order valence-electron chi connectivity index (χ0n) is 10.4. The fourth-order valence-electron chi connectivity index (χ4n) is 1.58. The van der Waals surface area contributed by atoms with Crippen LogP contribution < -0.4 is 4.90 Å². The lowest BCUT2D eigenvalue weighted by molar-refractivity contribution is -0.144. The third-order valence-electron chi connectivity index (χ3n) is 2.47. The summed E-state index contributed by atoms with van der Waals surface area (Å²) < 4.78 is 42.9. The van der Waals surface area contributed by atoms with Crippen LogP contribution in [-0.2, 0) is 12.7 Å². The van der Waals surface area contributed by atoms with Gasteiger partial charge in [-0.3, -0.25) is 0 Å². The molecule has 0 radical (unpaired) electrons. The van der Waals surface area contributed by atoms with Gasteiger partial charge in [-0.05, 0) is 25.1 Å². The van der Waals surface area contributed by atoms with Crippen LogP contribution in [0.25, 0.3) is 0 Å². The normalized spacial score (nSPS) is 11.6. The number of nitrogens with zero attached hydrogens (tertiary/aromatic N) is 3. The number of anilines is 1. The van der Waals surface area contributed by atoms with E-state index in [2.05, 4.69) is 9.97 Å². The lowest BCUT2D eigenvalue weighted by Gasteiger charge is -2.17. The molecule has 7 heteroatoms. The SMILES string of the molecule is Cc1ccc(CN(C)c2ccnc(C(F)(F)F)n2)o1. The Labute approximate surface area is 107 Å². The smallest absolute Gasteiger partial charge is 0.451 e. The first kappa shape index (κ1) is 13.4. The zero-order chi connectivity index (χ0) is 14.0. The fraction of sp³-hybridized carbons (Fsp3) is 0.333. The van der Waals surface area contributed by atoms with Crippen molar-refractivity contribution in [2.45, 2.75) is 19.6 Å². The van der Waals surface area contributed by atoms with Crippen molar-refractivity contribution < 1.29 is 17.6 Å². The minimum atomic E-state index is -4.54. The molecule has 0 spiro atoms. The Hall–Kier alpha value is -2.05. The molecule has 102 valence electrons. The summed E-state index contributed by atoms with van der Waals surface area (Å²) in [5.74, 6) is 0.457. The van der Waals surface area contributed by atoms with E-state index in [0.29, 0.717) is 12.3 Å². The largest absolute Gasteiger partial charge is 0.464 e. The maximum absolute atomic E-state index is 12.5. The van der Waals surface area contributed by atoms with Crippen LogP contribution >= 0.6 is 0 Å². The molecular weight excluding hydrogens is 259 g/mol. The van der Waals surface area contributed by atoms with Crippen molar-refractivity contribution >= 4 is 5.82 Å². The molecule has 0 unspecified atom stereocenters. The third-order valence-corrected chi connectivity index (χ3v) is 2.47. The monoisotopic (exact) mass is 271 g/mol. The van der Waals surface area contributed by atoms with Crippen molar-refractivity contribution in [1.29, 1.82) is 0 Å². The molecule has 19 heavy (non-hydrogen) atoms. The number of halogens is 3. The Bertz CT molecular complexity index is 565. The number of rotatable bonds is 3. The van der Waals surface area contributed by atoms with Gasteiger partial charge in [-0.15, -0.1) is 0 Å². The van der Waals surface area contributed by atoms with Crippen molar-refractivity contribution in [3.63, 3.8) is 0 Å². The summed E-state index contributed by atoms with van der Waals surface area (Å²) in [5.41, 5.74) is 0. The van der Waals surface area contributed by atoms with E-state index in [1.807, 2.05) is 0 Å². The van der Waals surface area contributed by atoms with Gasteiger partial charge in [-0.1, -0.05) is 0 Å². The first-order valence-electron chi connectivity index (χ1n) is 5.53. The first-order chi connectivity index (χ1) is 8.86. The average Bonchev–Trinajstić information content (AvgIpc) is 2.74. The van der Waals surface area contributed by atoms with Crippen LogP contribution in [0.2, 0.25) is 0 Å². The maximum Gasteiger partial charge on any atom is 0.451 e. The fourth-order valence-corrected chi connectivity index (χ4v) is 1.58. The van der Waals surface area contributed by atoms with E-state index in [0.717, 1.165) is 12.0 Å². The van der Waals surface area contributed by atoms with E-state index in [1.165, 1.54) is 6.07 Å². The molecule has 2 rings (SSSR count). The van der Waals surface area contributed by atoms with E-state index in [4.69, 9.17) is 4.42 Å². The predicted molar refractivity (Wildman–Crippen MR) is 62.6 cm³/mol. The lowest BCUT2D eigenvalue weighted by atomic mass is 10.4. The average molecular weight is 271 g/mol. The molecule has 0 amide bonds. The molecular formula is C12H12F3N3O. The molecule has 0 saturated heterocycles. The predicted octanol–water partition coefficient (Wildman–Crippen LogP) is 3.03. The van der Waals surface area contributed by atoms with Gasteiger partial charge in [0, 0.05) is 13.2 Å². The molecule has 2 aromatic rings. The van der Waals surface area contributed by atoms with Gasteiger partial charge < -0.3 is 9.32 Å². The number of aryl methyl sites for hydroxylation is 1. The van der Waals surface area contributed by atoms with Gasteiger partial charge in [0.05, 0.1) is 6.54 Å². The van der Waals surface area contributed by atoms with Crippen molar-refractivity contribution in [2.24, 2.45) is 0 Å². The maximum atomic E-state index is 12.5. The van der Waals surface area contributed by atoms with Crippen molar-refractivity contribution in [3.05, 3.63) is 41.7 Å². The summed E-state index contributed by atoms with van der Waals surface area (Å²) >= 11 is 0. The van der Waals surface area contributed by atoms with E-state index in [9.17, 15) is 13.2 Å². The summed E-state index contributed by atoms with van der Waals surface area (Å²) in [6.45, 7) is 2.14. The Morgan fingerprint density at radius 1 is 1.26 bits per heavy atom. The Kier molecular flexibility index (Phi) is 3.46. The summed E-state index contributed by atoms with van der Waals surface area (Å²) in [6, 6.07) is 4.99. The minimum Gasteiger partial charge on any atom is -0.464 e. The molecule has 0 aromatic carbocycles. The van der Waals surface area contributed by atoms with Crippen LogP contribution in [0.5, 0.6) is 0 Å². The molecule has 4 nitrogen and oxygen atoms in total. The van der Waals surface area contributed by atoms with Crippen LogP contribution in [-0.4, -0.2) is 17.0 Å². The van der Waals surface area contributed by atoms with Gasteiger partial charge in [-0.2, -0.15) is 13.2 Å². The Morgan fingerprint density at radius 3 is 2.58 bits per heavy atom. The number of aromatic nitrogens is 2. The van der Waals surface area contributed by atoms with Crippen LogP contribution in [0.15, 0.2) is 28.8 Å². The van der Waals surface area contributed by atoms with E-state index in [-0.39, 0.29) is 5.82 Å². The molecule has 0 N–H and O–H groups in total. The van der Waals surface area contributed by atoms with Gasteiger partial charge in [0.1, 0.15) is 17.3 Å². The molecule has 0 atom stereocenters. The number of alkyl halides is 3. The van der Waals surface area contributed by atoms with Gasteiger partial charge in [0.25, 0.3) is 0 Å². The molecule has 0 saturated carbocycles. The number of hydrogen-bond acceptors (Lipinski definition) is 4. The zero-order valence-corrected chi connectivity index (χ0v) is 10.4. The molecule has 0 fully saturated rings. The Balaban J connectivity index is 2.17. The first-order valence-corrected chi connectivity index (χ1v) is 5.53. The summed E-state index contributed by atoms with van der Waals surface area (Å²) in [6.07, 6.45) is -3.45. The van der Waals surface area contributed by atoms with Gasteiger partial charge in [0.15, 0.2) is 0 Å². The summed E-state index contributed by atoms with van der Waals surface area (Å²) in [4.78, 5) is 8.28. The van der Waals surface area contributed by atoms with Gasteiger partial charge in [-0.25, -0.2) is 9.97 Å². The highest BCUT2D eigenvalue weighted by Gasteiger charge is 2.34. The lowest BCUT2D eigenvalue weighted by Crippen LogP contribution is -2.20. The topological polar surface area (TPSA) is 42.2 Å². The molecule has 2 heterocycles. The summed E-state index contributed by atoms with van der Waals surface area (Å²) in [5, 5.41) is 0. The molecule has 2 aromatic heterocycles. The van der Waals surface area contributed by atoms with Crippen LogP contribution in [0.1, 0.15) is 17.3 Å². The Morgan fingerprint density at radius 2 is 2.00 bits per heavy atom. The second kappa shape index (κ2) is 4.91. The van der Waals surface area contributed by atoms with Crippen LogP contribution in [0, 0.1) is 6.92 Å². The van der Waals surface area contributed by atoms with Gasteiger partial charge >= 0.3 is 6.18 Å². The quantitative estimate of drug-likeness (QED) is 0.860. The molecule has 0 bridgehead atoms. The summed E-state index contributed by atoms with van der Waals surface area (Å²) in [7, 11) is 1.64. The highest BCUT2D eigenvalue weighted by atomic mass is 19.4. The number of hydrogen-bond donors (Lipinski definition) is 0. The van der Waals surface area contributed by atoms with Gasteiger partial charge in [0.2, 0.25) is 5.82 Å². The highest BCUT2D eigenvalue weighted by Crippen LogP contribution is 2.27. The van der Waals surface area contributed by atoms with Crippen molar-refractivity contribution in [2.75, 3.05) is 11.9 Å². The van der Waals surface area contributed by atoms with E-state index < -0.39 is 12.0 Å². The van der Waals surface area contributed by atoms with E-state index in [1.54, 1.807) is 31.0 Å². The van der Waals surface area contributed by atoms with E-state index >= 15 is 0 Å². The highest BCUT2D eigenvalue weighted by molar-refractivity contribution is 5.37. The second-order valence-corrected chi connectivity index (χ2v) is 4.10.